The van der Waals surface area contributed by atoms with E-state index >= 15 is 0 Å². The topological polar surface area (TPSA) is 21.3 Å². The maximum atomic E-state index is 5.48. The summed E-state index contributed by atoms with van der Waals surface area (Å²) in [5, 5.41) is 3.53. The van der Waals surface area contributed by atoms with E-state index in [2.05, 4.69) is 45.3 Å². The lowest BCUT2D eigenvalue weighted by Crippen LogP contribution is -2.38. The largest absolute Gasteiger partial charge is 0.381 e. The molecule has 2 nitrogen and oxygen atoms in total. The molecule has 1 aromatic carbocycles. The summed E-state index contributed by atoms with van der Waals surface area (Å²) in [5.41, 5.74) is 5.76. The van der Waals surface area contributed by atoms with Crippen molar-refractivity contribution < 1.29 is 4.74 Å². The molecule has 1 aliphatic rings. The Morgan fingerprint density at radius 3 is 2.26 bits per heavy atom. The normalized spacial score (nSPS) is 18.5. The van der Waals surface area contributed by atoms with E-state index < -0.39 is 0 Å². The Kier molecular flexibility index (Phi) is 5.00. The summed E-state index contributed by atoms with van der Waals surface area (Å²) in [6, 6.07) is 5.18. The minimum Gasteiger partial charge on any atom is -0.381 e. The molecule has 0 radical (unpaired) electrons. The van der Waals surface area contributed by atoms with E-state index in [0.717, 1.165) is 25.6 Å². The Morgan fingerprint density at radius 1 is 1.16 bits per heavy atom. The van der Waals surface area contributed by atoms with Gasteiger partial charge in [0.15, 0.2) is 0 Å². The Hall–Kier alpha value is -0.860. The highest BCUT2D eigenvalue weighted by molar-refractivity contribution is 5.38. The first-order valence-electron chi connectivity index (χ1n) is 7.43. The Balaban J connectivity index is 2.13. The zero-order valence-corrected chi connectivity index (χ0v) is 12.8. The van der Waals surface area contributed by atoms with Crippen LogP contribution in [0.5, 0.6) is 0 Å². The highest BCUT2D eigenvalue weighted by Crippen LogP contribution is 2.24. The van der Waals surface area contributed by atoms with Crippen LogP contribution in [-0.4, -0.2) is 26.3 Å². The molecule has 1 unspecified atom stereocenters. The van der Waals surface area contributed by atoms with E-state index in [1.165, 1.54) is 35.1 Å². The van der Waals surface area contributed by atoms with Gasteiger partial charge in [-0.1, -0.05) is 17.7 Å². The van der Waals surface area contributed by atoms with Crippen LogP contribution in [0, 0.1) is 26.7 Å². The van der Waals surface area contributed by atoms with Gasteiger partial charge in [-0.25, -0.2) is 0 Å². The van der Waals surface area contributed by atoms with Gasteiger partial charge in [-0.05, 0) is 69.7 Å². The molecule has 1 fully saturated rings. The van der Waals surface area contributed by atoms with Gasteiger partial charge < -0.3 is 10.1 Å². The second-order valence-corrected chi connectivity index (χ2v) is 5.93. The van der Waals surface area contributed by atoms with Crippen molar-refractivity contribution in [3.05, 3.63) is 34.4 Å². The van der Waals surface area contributed by atoms with Crippen molar-refractivity contribution in [2.24, 2.45) is 5.92 Å². The third-order valence-electron chi connectivity index (χ3n) is 4.47. The minimum absolute atomic E-state index is 0.573. The van der Waals surface area contributed by atoms with E-state index in [-0.39, 0.29) is 0 Å². The number of benzene rings is 1. The molecule has 19 heavy (non-hydrogen) atoms. The molecule has 1 aromatic rings. The maximum absolute atomic E-state index is 5.48. The fourth-order valence-corrected chi connectivity index (χ4v) is 3.37. The molecule has 1 N–H and O–H groups in total. The first-order valence-corrected chi connectivity index (χ1v) is 7.43. The van der Waals surface area contributed by atoms with Crippen molar-refractivity contribution in [3.8, 4) is 0 Å². The summed E-state index contributed by atoms with van der Waals surface area (Å²) in [6.45, 7) is 8.51. The molecular formula is C17H27NO. The van der Waals surface area contributed by atoms with Crippen molar-refractivity contribution in [1.82, 2.24) is 5.32 Å². The van der Waals surface area contributed by atoms with Crippen LogP contribution < -0.4 is 5.32 Å². The smallest absolute Gasteiger partial charge is 0.0469 e. The summed E-state index contributed by atoms with van der Waals surface area (Å²) >= 11 is 0. The van der Waals surface area contributed by atoms with Crippen molar-refractivity contribution in [1.29, 1.82) is 0 Å². The lowest BCUT2D eigenvalue weighted by atomic mass is 9.85. The minimum atomic E-state index is 0.573. The second-order valence-electron chi connectivity index (χ2n) is 5.93. The number of likely N-dealkylation sites (N-methyl/N-ethyl adjacent to an activating group) is 1. The van der Waals surface area contributed by atoms with Crippen LogP contribution in [0.4, 0.5) is 0 Å². The van der Waals surface area contributed by atoms with E-state index in [1.54, 1.807) is 0 Å². The molecule has 1 saturated heterocycles. The third kappa shape index (κ3) is 3.58. The van der Waals surface area contributed by atoms with E-state index in [0.29, 0.717) is 6.04 Å². The van der Waals surface area contributed by atoms with Crippen LogP contribution in [0.25, 0.3) is 0 Å². The molecule has 0 saturated carbocycles. The summed E-state index contributed by atoms with van der Waals surface area (Å²) < 4.78 is 5.48. The van der Waals surface area contributed by atoms with Crippen LogP contribution in [0.3, 0.4) is 0 Å². The molecule has 1 heterocycles. The van der Waals surface area contributed by atoms with Crippen LogP contribution in [0.1, 0.15) is 35.1 Å². The highest BCUT2D eigenvalue weighted by atomic mass is 16.5. The Labute approximate surface area is 117 Å². The van der Waals surface area contributed by atoms with Crippen molar-refractivity contribution in [2.45, 2.75) is 46.1 Å². The number of aryl methyl sites for hydroxylation is 3. The molecule has 2 rings (SSSR count). The fourth-order valence-electron chi connectivity index (χ4n) is 3.37. The van der Waals surface area contributed by atoms with Gasteiger partial charge in [-0.15, -0.1) is 0 Å². The Bertz CT molecular complexity index is 398. The molecule has 2 heteroatoms. The van der Waals surface area contributed by atoms with Gasteiger partial charge in [0, 0.05) is 19.3 Å². The lowest BCUT2D eigenvalue weighted by molar-refractivity contribution is 0.0547. The summed E-state index contributed by atoms with van der Waals surface area (Å²) in [6.07, 6.45) is 3.52. The zero-order chi connectivity index (χ0) is 13.8. The van der Waals surface area contributed by atoms with Crippen LogP contribution in [0.15, 0.2) is 12.1 Å². The predicted molar refractivity (Wildman–Crippen MR) is 80.7 cm³/mol. The number of hydrogen-bond acceptors (Lipinski definition) is 2. The van der Waals surface area contributed by atoms with Crippen molar-refractivity contribution in [3.63, 3.8) is 0 Å². The number of ether oxygens (including phenoxy) is 1. The first kappa shape index (κ1) is 14.5. The van der Waals surface area contributed by atoms with E-state index in [9.17, 15) is 0 Å². The van der Waals surface area contributed by atoms with E-state index in [4.69, 9.17) is 4.74 Å². The molecule has 0 spiro atoms. The molecule has 0 aromatic heterocycles. The molecule has 0 amide bonds. The summed E-state index contributed by atoms with van der Waals surface area (Å²) in [5.74, 6) is 0.749. The first-order chi connectivity index (χ1) is 9.11. The van der Waals surface area contributed by atoms with E-state index in [1.807, 2.05) is 0 Å². The van der Waals surface area contributed by atoms with Crippen LogP contribution in [-0.2, 0) is 11.2 Å². The third-order valence-corrected chi connectivity index (χ3v) is 4.47. The highest BCUT2D eigenvalue weighted by Gasteiger charge is 2.23. The molecule has 0 aliphatic carbocycles. The predicted octanol–water partition coefficient (Wildman–Crippen LogP) is 3.17. The maximum Gasteiger partial charge on any atom is 0.0469 e. The molecule has 106 valence electrons. The lowest BCUT2D eigenvalue weighted by Gasteiger charge is -2.31. The van der Waals surface area contributed by atoms with Crippen molar-refractivity contribution in [2.75, 3.05) is 20.3 Å². The summed E-state index contributed by atoms with van der Waals surface area (Å²) in [4.78, 5) is 0. The van der Waals surface area contributed by atoms with Crippen LogP contribution >= 0.6 is 0 Å². The van der Waals surface area contributed by atoms with Gasteiger partial charge in [0.05, 0.1) is 0 Å². The fraction of sp³-hybridized carbons (Fsp3) is 0.647. The molecule has 1 atom stereocenters. The van der Waals surface area contributed by atoms with Crippen molar-refractivity contribution >= 4 is 0 Å². The van der Waals surface area contributed by atoms with Gasteiger partial charge >= 0.3 is 0 Å². The Morgan fingerprint density at radius 2 is 1.74 bits per heavy atom. The van der Waals surface area contributed by atoms with Gasteiger partial charge in [0.25, 0.3) is 0 Å². The molecule has 0 bridgehead atoms. The molecular weight excluding hydrogens is 234 g/mol. The average Bonchev–Trinajstić information content (AvgIpc) is 2.39. The quantitative estimate of drug-likeness (QED) is 0.899. The molecule has 1 aliphatic heterocycles. The standard InChI is InChI=1S/C17H27NO/c1-12-9-13(2)16(14(3)10-12)11-17(18-4)15-5-7-19-8-6-15/h9-10,15,17-18H,5-8,11H2,1-4H3. The monoisotopic (exact) mass is 261 g/mol. The van der Waals surface area contributed by atoms with Crippen LogP contribution in [0.2, 0.25) is 0 Å². The van der Waals surface area contributed by atoms with Gasteiger partial charge in [0.2, 0.25) is 0 Å². The number of nitrogens with one attached hydrogen (secondary N) is 1. The summed E-state index contributed by atoms with van der Waals surface area (Å²) in [7, 11) is 2.10. The average molecular weight is 261 g/mol. The second kappa shape index (κ2) is 6.53. The number of hydrogen-bond donors (Lipinski definition) is 1. The zero-order valence-electron chi connectivity index (χ0n) is 12.8. The van der Waals surface area contributed by atoms with Gasteiger partial charge in [0.1, 0.15) is 0 Å². The van der Waals surface area contributed by atoms with Gasteiger partial charge in [-0.2, -0.15) is 0 Å². The van der Waals surface area contributed by atoms with Gasteiger partial charge in [-0.3, -0.25) is 0 Å². The number of rotatable bonds is 4. The SMILES string of the molecule is CNC(Cc1c(C)cc(C)cc1C)C1CCOCC1.